The predicted molar refractivity (Wildman–Crippen MR) is 38.0 cm³/mol. The van der Waals surface area contributed by atoms with Gasteiger partial charge in [-0.25, -0.2) is 4.68 Å². The first-order valence-corrected chi connectivity index (χ1v) is 4.58. The van der Waals surface area contributed by atoms with Gasteiger partial charge in [-0.15, -0.1) is 0 Å². The van der Waals surface area contributed by atoms with Crippen LogP contribution in [-0.4, -0.2) is 22.8 Å². The lowest BCUT2D eigenvalue weighted by atomic mass is 10.5. The zero-order chi connectivity index (χ0) is 10.2. The third-order valence-corrected chi connectivity index (χ3v) is 2.31. The van der Waals surface area contributed by atoms with Crippen LogP contribution < -0.4 is 0 Å². The predicted octanol–water partition coefficient (Wildman–Crippen LogP) is 0.833. The quantitative estimate of drug-likeness (QED) is 0.737. The summed E-state index contributed by atoms with van der Waals surface area (Å²) in [5, 5.41) is 3.20. The molecule has 0 amide bonds. The lowest BCUT2D eigenvalue weighted by molar-refractivity contribution is 0.0561. The van der Waals surface area contributed by atoms with Crippen LogP contribution in [0.4, 0.5) is 8.78 Å². The Morgan fingerprint density at radius 1 is 1.62 bits per heavy atom. The van der Waals surface area contributed by atoms with Crippen LogP contribution in [0.2, 0.25) is 0 Å². The molecule has 0 aliphatic rings. The summed E-state index contributed by atoms with van der Waals surface area (Å²) < 4.78 is 53.7. The van der Waals surface area contributed by atoms with Crippen LogP contribution in [0, 0.1) is 6.92 Å². The molecule has 8 heteroatoms. The highest BCUT2D eigenvalue weighted by Crippen LogP contribution is 2.17. The van der Waals surface area contributed by atoms with Crippen molar-refractivity contribution in [2.24, 2.45) is 0 Å². The topological polar surface area (TPSA) is 72.2 Å². The Morgan fingerprint density at radius 2 is 2.15 bits per heavy atom. The van der Waals surface area contributed by atoms with E-state index in [9.17, 15) is 17.2 Å². The fourth-order valence-electron chi connectivity index (χ4n) is 0.818. The monoisotopic (exact) mass is 212 g/mol. The van der Waals surface area contributed by atoms with Crippen LogP contribution in [0.25, 0.3) is 0 Å². The average Bonchev–Trinajstić information content (AvgIpc) is 2.29. The Kier molecular flexibility index (Phi) is 2.35. The molecule has 5 nitrogen and oxygen atoms in total. The Labute approximate surface area is 72.7 Å². The number of aryl methyl sites for hydroxylation is 1. The molecule has 1 aromatic heterocycles. The van der Waals surface area contributed by atoms with E-state index in [1.807, 2.05) is 0 Å². The summed E-state index contributed by atoms with van der Waals surface area (Å²) in [6.07, 6.45) is 0.579. The van der Waals surface area contributed by atoms with Gasteiger partial charge in [-0.05, 0) is 6.92 Å². The number of halogens is 2. The molecule has 1 N–H and O–H groups in total. The second-order valence-corrected chi connectivity index (χ2v) is 3.70. The third kappa shape index (κ3) is 2.01. The third-order valence-electron chi connectivity index (χ3n) is 1.35. The maximum atomic E-state index is 12.0. The highest BCUT2D eigenvalue weighted by molar-refractivity contribution is 7.85. The van der Waals surface area contributed by atoms with Crippen molar-refractivity contribution in [3.63, 3.8) is 0 Å². The molecule has 0 spiro atoms. The summed E-state index contributed by atoms with van der Waals surface area (Å²) in [5.74, 6) is 0. The van der Waals surface area contributed by atoms with Gasteiger partial charge >= 0.3 is 6.55 Å². The van der Waals surface area contributed by atoms with Gasteiger partial charge in [-0.3, -0.25) is 4.55 Å². The smallest absolute Gasteiger partial charge is 0.282 e. The van der Waals surface area contributed by atoms with E-state index < -0.39 is 21.6 Å². The average molecular weight is 212 g/mol. The fraction of sp³-hybridized carbons (Fsp3) is 0.400. The van der Waals surface area contributed by atoms with Gasteiger partial charge in [0, 0.05) is 0 Å². The number of aromatic nitrogens is 2. The zero-order valence-electron chi connectivity index (χ0n) is 6.48. The summed E-state index contributed by atoms with van der Waals surface area (Å²) in [4.78, 5) is -0.604. The number of nitrogens with zero attached hydrogens (tertiary/aromatic N) is 2. The molecule has 0 fully saturated rings. The van der Waals surface area contributed by atoms with Gasteiger partial charge in [0.25, 0.3) is 10.1 Å². The molecule has 0 saturated heterocycles. The van der Waals surface area contributed by atoms with Gasteiger partial charge < -0.3 is 0 Å². The number of hydrogen-bond acceptors (Lipinski definition) is 3. The van der Waals surface area contributed by atoms with Gasteiger partial charge in [0.1, 0.15) is 4.90 Å². The minimum Gasteiger partial charge on any atom is -0.282 e. The molecule has 1 aromatic rings. The highest BCUT2D eigenvalue weighted by atomic mass is 32.2. The molecule has 74 valence electrons. The Hall–Kier alpha value is -1.02. The van der Waals surface area contributed by atoms with Crippen molar-refractivity contribution in [3.8, 4) is 0 Å². The molecule has 13 heavy (non-hydrogen) atoms. The lowest BCUT2D eigenvalue weighted by Crippen LogP contribution is -1.99. The largest absolute Gasteiger partial charge is 0.333 e. The van der Waals surface area contributed by atoms with Crippen molar-refractivity contribution >= 4 is 10.1 Å². The first kappa shape index (κ1) is 10.1. The van der Waals surface area contributed by atoms with E-state index in [2.05, 4.69) is 5.10 Å². The summed E-state index contributed by atoms with van der Waals surface area (Å²) in [7, 11) is -4.46. The van der Waals surface area contributed by atoms with Crippen LogP contribution >= 0.6 is 0 Å². The molecular formula is C5H6F2N2O3S. The molecule has 0 aliphatic heterocycles. The van der Waals surface area contributed by atoms with Crippen molar-refractivity contribution < 1.29 is 21.8 Å². The maximum absolute atomic E-state index is 12.0. The SMILES string of the molecule is Cc1nn(C(F)F)cc1S(=O)(=O)O. The van der Waals surface area contributed by atoms with Crippen LogP contribution in [0.3, 0.4) is 0 Å². The van der Waals surface area contributed by atoms with E-state index >= 15 is 0 Å². The molecule has 1 rings (SSSR count). The summed E-state index contributed by atoms with van der Waals surface area (Å²) in [6.45, 7) is -1.71. The standard InChI is InChI=1S/C5H6F2N2O3S/c1-3-4(13(10,11)12)2-9(8-3)5(6)7/h2,5H,1H3,(H,10,11,12). The molecule has 0 unspecified atom stereocenters. The first-order valence-electron chi connectivity index (χ1n) is 3.14. The van der Waals surface area contributed by atoms with Gasteiger partial charge in [0.15, 0.2) is 0 Å². The Balaban J connectivity index is 3.27. The summed E-state index contributed by atoms with van der Waals surface area (Å²) >= 11 is 0. The molecule has 1 heterocycles. The van der Waals surface area contributed by atoms with Crippen molar-refractivity contribution in [3.05, 3.63) is 11.9 Å². The minimum atomic E-state index is -4.46. The van der Waals surface area contributed by atoms with E-state index in [1.165, 1.54) is 6.92 Å². The molecular weight excluding hydrogens is 206 g/mol. The van der Waals surface area contributed by atoms with Crippen LogP contribution in [-0.2, 0) is 10.1 Å². The number of alkyl halides is 2. The van der Waals surface area contributed by atoms with E-state index in [0.717, 1.165) is 0 Å². The molecule has 0 aromatic carbocycles. The Morgan fingerprint density at radius 3 is 2.38 bits per heavy atom. The molecule has 0 saturated carbocycles. The molecule has 0 bridgehead atoms. The van der Waals surface area contributed by atoms with E-state index in [-0.39, 0.29) is 10.4 Å². The summed E-state index contributed by atoms with van der Waals surface area (Å²) in [5.41, 5.74) is -0.164. The minimum absolute atomic E-state index is 0.164. The second kappa shape index (κ2) is 3.04. The first-order chi connectivity index (χ1) is 5.82. The maximum Gasteiger partial charge on any atom is 0.333 e. The van der Waals surface area contributed by atoms with Crippen molar-refractivity contribution in [1.29, 1.82) is 0 Å². The highest BCUT2D eigenvalue weighted by Gasteiger charge is 2.19. The lowest BCUT2D eigenvalue weighted by Gasteiger charge is -1.94. The van der Waals surface area contributed by atoms with Crippen LogP contribution in [0.15, 0.2) is 11.1 Å². The van der Waals surface area contributed by atoms with Crippen LogP contribution in [0.5, 0.6) is 0 Å². The van der Waals surface area contributed by atoms with E-state index in [0.29, 0.717) is 6.20 Å². The molecule has 0 atom stereocenters. The van der Waals surface area contributed by atoms with Gasteiger partial charge in [-0.1, -0.05) is 0 Å². The van der Waals surface area contributed by atoms with Gasteiger partial charge in [0.05, 0.1) is 11.9 Å². The van der Waals surface area contributed by atoms with Crippen LogP contribution in [0.1, 0.15) is 12.2 Å². The van der Waals surface area contributed by atoms with Crippen molar-refractivity contribution in [1.82, 2.24) is 9.78 Å². The summed E-state index contributed by atoms with van der Waals surface area (Å²) in [6, 6.07) is 0. The number of rotatable bonds is 2. The molecule has 0 radical (unpaired) electrons. The number of hydrogen-bond donors (Lipinski definition) is 1. The van der Waals surface area contributed by atoms with Crippen molar-refractivity contribution in [2.45, 2.75) is 18.4 Å². The van der Waals surface area contributed by atoms with Gasteiger partial charge in [-0.2, -0.15) is 22.3 Å². The fourth-order valence-corrected chi connectivity index (χ4v) is 1.47. The zero-order valence-corrected chi connectivity index (χ0v) is 7.29. The molecule has 0 aliphatic carbocycles. The van der Waals surface area contributed by atoms with Gasteiger partial charge in [0.2, 0.25) is 0 Å². The van der Waals surface area contributed by atoms with E-state index in [1.54, 1.807) is 0 Å². The second-order valence-electron chi connectivity index (χ2n) is 2.31. The normalized spacial score (nSPS) is 12.4. The van der Waals surface area contributed by atoms with Crippen molar-refractivity contribution in [2.75, 3.05) is 0 Å². The van der Waals surface area contributed by atoms with E-state index in [4.69, 9.17) is 4.55 Å². The Bertz CT molecular complexity index is 411.